The second-order valence-corrected chi connectivity index (χ2v) is 8.35. The van der Waals surface area contributed by atoms with E-state index in [1.54, 1.807) is 57.6 Å². The molecule has 3 aromatic carbocycles. The molecular formula is C26H21BrO6. The van der Waals surface area contributed by atoms with E-state index in [1.165, 1.54) is 0 Å². The Labute approximate surface area is 199 Å². The van der Waals surface area contributed by atoms with Gasteiger partial charge >= 0.3 is 5.97 Å². The molecule has 3 aromatic rings. The number of carbonyl (C=O) groups is 2. The molecule has 168 valence electrons. The maximum absolute atomic E-state index is 13.0. The van der Waals surface area contributed by atoms with Gasteiger partial charge in [-0.1, -0.05) is 28.1 Å². The number of allylic oxidation sites excluding steroid dienone is 1. The zero-order chi connectivity index (χ0) is 23.5. The maximum atomic E-state index is 13.0. The summed E-state index contributed by atoms with van der Waals surface area (Å²) >= 11 is 3.43. The van der Waals surface area contributed by atoms with Gasteiger partial charge in [-0.05, 0) is 60.5 Å². The van der Waals surface area contributed by atoms with Crippen LogP contribution in [0.5, 0.6) is 23.0 Å². The van der Waals surface area contributed by atoms with Gasteiger partial charge in [0.05, 0.1) is 26.2 Å². The van der Waals surface area contributed by atoms with E-state index in [0.717, 1.165) is 10.0 Å². The van der Waals surface area contributed by atoms with Crippen LogP contribution in [0.25, 0.3) is 6.08 Å². The quantitative estimate of drug-likeness (QED) is 0.247. The Kier molecular flexibility index (Phi) is 6.51. The zero-order valence-corrected chi connectivity index (χ0v) is 19.9. The Morgan fingerprint density at radius 3 is 2.45 bits per heavy atom. The number of hydrogen-bond donors (Lipinski definition) is 0. The third-order valence-electron chi connectivity index (χ3n) is 5.16. The second kappa shape index (κ2) is 9.50. The van der Waals surface area contributed by atoms with Gasteiger partial charge in [-0.15, -0.1) is 0 Å². The molecule has 0 N–H and O–H groups in total. The molecule has 6 nitrogen and oxygen atoms in total. The first kappa shape index (κ1) is 22.6. The summed E-state index contributed by atoms with van der Waals surface area (Å²) < 4.78 is 22.7. The van der Waals surface area contributed by atoms with E-state index >= 15 is 0 Å². The van der Waals surface area contributed by atoms with Crippen LogP contribution in [0.1, 0.15) is 27.0 Å². The first-order valence-corrected chi connectivity index (χ1v) is 10.9. The highest BCUT2D eigenvalue weighted by atomic mass is 79.9. The summed E-state index contributed by atoms with van der Waals surface area (Å²) in [7, 11) is 3.15. The predicted octanol–water partition coefficient (Wildman–Crippen LogP) is 5.54. The molecule has 1 heterocycles. The Morgan fingerprint density at radius 1 is 1.00 bits per heavy atom. The lowest BCUT2D eigenvalue weighted by Crippen LogP contribution is -2.11. The SMILES string of the molecule is COc1ccc(CC(=O)Oc2cc(C)c3c(c2)O/C(=C\c2cc(Br)ccc2OC)C3=O)cc1. The number of aryl methyl sites for hydroxylation is 1. The first-order chi connectivity index (χ1) is 15.9. The van der Waals surface area contributed by atoms with Crippen molar-refractivity contribution in [1.82, 2.24) is 0 Å². The van der Waals surface area contributed by atoms with Gasteiger partial charge < -0.3 is 18.9 Å². The number of fused-ring (bicyclic) bond motifs is 1. The van der Waals surface area contributed by atoms with Crippen LogP contribution in [0.2, 0.25) is 0 Å². The van der Waals surface area contributed by atoms with Crippen LogP contribution in [-0.4, -0.2) is 26.0 Å². The number of Topliss-reactive ketones (excluding diaryl/α,β-unsaturated/α-hetero) is 1. The van der Waals surface area contributed by atoms with Gasteiger partial charge in [-0.25, -0.2) is 0 Å². The lowest BCUT2D eigenvalue weighted by Gasteiger charge is -2.08. The lowest BCUT2D eigenvalue weighted by molar-refractivity contribution is -0.133. The van der Waals surface area contributed by atoms with Crippen LogP contribution >= 0.6 is 15.9 Å². The summed E-state index contributed by atoms with van der Waals surface area (Å²) in [5.74, 6) is 1.52. The van der Waals surface area contributed by atoms with Crippen molar-refractivity contribution >= 4 is 33.8 Å². The van der Waals surface area contributed by atoms with Crippen molar-refractivity contribution in [3.8, 4) is 23.0 Å². The van der Waals surface area contributed by atoms with E-state index in [0.29, 0.717) is 39.7 Å². The third-order valence-corrected chi connectivity index (χ3v) is 5.65. The van der Waals surface area contributed by atoms with Crippen molar-refractivity contribution in [2.24, 2.45) is 0 Å². The average molecular weight is 509 g/mol. The normalized spacial score (nSPS) is 13.5. The fourth-order valence-corrected chi connectivity index (χ4v) is 3.95. The van der Waals surface area contributed by atoms with Crippen LogP contribution in [0.4, 0.5) is 0 Å². The summed E-state index contributed by atoms with van der Waals surface area (Å²) in [6.07, 6.45) is 1.74. The smallest absolute Gasteiger partial charge is 0.315 e. The molecule has 0 radical (unpaired) electrons. The predicted molar refractivity (Wildman–Crippen MR) is 127 cm³/mol. The fourth-order valence-electron chi connectivity index (χ4n) is 3.57. The van der Waals surface area contributed by atoms with E-state index < -0.39 is 5.97 Å². The molecule has 0 atom stereocenters. The van der Waals surface area contributed by atoms with Gasteiger partial charge in [-0.3, -0.25) is 9.59 Å². The van der Waals surface area contributed by atoms with Crippen molar-refractivity contribution in [1.29, 1.82) is 0 Å². The molecule has 0 amide bonds. The first-order valence-electron chi connectivity index (χ1n) is 10.1. The summed E-state index contributed by atoms with van der Waals surface area (Å²) in [5, 5.41) is 0. The number of halogens is 1. The summed E-state index contributed by atoms with van der Waals surface area (Å²) in [4.78, 5) is 25.4. The van der Waals surface area contributed by atoms with Gasteiger partial charge in [0.1, 0.15) is 23.0 Å². The van der Waals surface area contributed by atoms with E-state index in [4.69, 9.17) is 18.9 Å². The molecule has 7 heteroatoms. The molecule has 0 aliphatic carbocycles. The number of carbonyl (C=O) groups excluding carboxylic acids is 2. The molecule has 0 saturated carbocycles. The number of ketones is 1. The highest BCUT2D eigenvalue weighted by Gasteiger charge is 2.30. The third kappa shape index (κ3) is 4.93. The van der Waals surface area contributed by atoms with Crippen LogP contribution in [0, 0.1) is 6.92 Å². The summed E-state index contributed by atoms with van der Waals surface area (Å²) in [5.41, 5.74) is 2.62. The number of rotatable bonds is 6. The fraction of sp³-hybridized carbons (Fsp3) is 0.154. The molecular weight excluding hydrogens is 488 g/mol. The van der Waals surface area contributed by atoms with Crippen molar-refractivity contribution in [3.63, 3.8) is 0 Å². The molecule has 0 unspecified atom stereocenters. The molecule has 0 aromatic heterocycles. The molecule has 0 fully saturated rings. The van der Waals surface area contributed by atoms with Crippen molar-refractivity contribution in [2.75, 3.05) is 14.2 Å². The zero-order valence-electron chi connectivity index (χ0n) is 18.3. The number of ether oxygens (including phenoxy) is 4. The molecule has 0 spiro atoms. The topological polar surface area (TPSA) is 71.1 Å². The highest BCUT2D eigenvalue weighted by molar-refractivity contribution is 9.10. The van der Waals surface area contributed by atoms with Gasteiger partial charge in [0.2, 0.25) is 5.78 Å². The van der Waals surface area contributed by atoms with E-state index in [-0.39, 0.29) is 18.0 Å². The van der Waals surface area contributed by atoms with E-state index in [1.807, 2.05) is 24.3 Å². The van der Waals surface area contributed by atoms with Crippen molar-refractivity contribution < 1.29 is 28.5 Å². The monoisotopic (exact) mass is 508 g/mol. The average Bonchev–Trinajstić information content (AvgIpc) is 3.09. The Balaban J connectivity index is 1.54. The van der Waals surface area contributed by atoms with Crippen LogP contribution in [-0.2, 0) is 11.2 Å². The number of esters is 1. The largest absolute Gasteiger partial charge is 0.497 e. The maximum Gasteiger partial charge on any atom is 0.315 e. The minimum Gasteiger partial charge on any atom is -0.497 e. The second-order valence-electron chi connectivity index (χ2n) is 7.44. The van der Waals surface area contributed by atoms with Gasteiger partial charge in [0, 0.05) is 16.1 Å². The lowest BCUT2D eigenvalue weighted by atomic mass is 10.0. The Hall–Kier alpha value is -3.58. The number of hydrogen-bond acceptors (Lipinski definition) is 6. The molecule has 33 heavy (non-hydrogen) atoms. The number of benzene rings is 3. The van der Waals surface area contributed by atoms with Crippen LogP contribution in [0.3, 0.4) is 0 Å². The van der Waals surface area contributed by atoms with Gasteiger partial charge in [0.15, 0.2) is 5.76 Å². The molecule has 4 rings (SSSR count). The minimum absolute atomic E-state index is 0.105. The number of methoxy groups -OCH3 is 2. The minimum atomic E-state index is -0.418. The summed E-state index contributed by atoms with van der Waals surface area (Å²) in [6.45, 7) is 1.78. The molecule has 0 saturated heterocycles. The van der Waals surface area contributed by atoms with E-state index in [9.17, 15) is 9.59 Å². The van der Waals surface area contributed by atoms with Crippen molar-refractivity contribution in [3.05, 3.63) is 87.1 Å². The molecule has 1 aliphatic heterocycles. The van der Waals surface area contributed by atoms with E-state index in [2.05, 4.69) is 15.9 Å². The highest BCUT2D eigenvalue weighted by Crippen LogP contribution is 2.38. The standard InChI is InChI=1S/C26H21BrO6/c1-15-10-20(32-24(28)11-16-4-7-19(30-2)8-5-16)14-22-25(15)26(29)23(33-22)13-17-12-18(27)6-9-21(17)31-3/h4-10,12-14H,11H2,1-3H3/b23-13-. The van der Waals surface area contributed by atoms with Gasteiger partial charge in [-0.2, -0.15) is 0 Å². The summed E-state index contributed by atoms with van der Waals surface area (Å²) in [6, 6.07) is 15.9. The Bertz CT molecular complexity index is 1260. The molecule has 0 bridgehead atoms. The van der Waals surface area contributed by atoms with Gasteiger partial charge in [0.25, 0.3) is 0 Å². The Morgan fingerprint density at radius 2 is 1.76 bits per heavy atom. The van der Waals surface area contributed by atoms with Crippen LogP contribution in [0.15, 0.2) is 64.8 Å². The molecule has 1 aliphatic rings. The van der Waals surface area contributed by atoms with Crippen molar-refractivity contribution in [2.45, 2.75) is 13.3 Å². The van der Waals surface area contributed by atoms with Crippen LogP contribution < -0.4 is 18.9 Å².